The fraction of sp³-hybridized carbons (Fsp3) is 0.300. The number of halogens is 1. The molecule has 4 rings (SSSR count). The van der Waals surface area contributed by atoms with Gasteiger partial charge in [-0.2, -0.15) is 0 Å². The summed E-state index contributed by atoms with van der Waals surface area (Å²) < 4.78 is 1.03. The van der Waals surface area contributed by atoms with E-state index in [2.05, 4.69) is 9.88 Å². The van der Waals surface area contributed by atoms with Crippen LogP contribution in [0.2, 0.25) is 5.02 Å². The highest BCUT2D eigenvalue weighted by Gasteiger charge is 2.26. The molecule has 0 atom stereocenters. The molecule has 0 saturated carbocycles. The quantitative estimate of drug-likeness (QED) is 0.447. The molecule has 0 radical (unpaired) electrons. The SMILES string of the molecule is CN(C)c1ccc(C(=O)N2CCN(c3nc4ccc(Cl)cc4s3)CC2)cc1[N+](=O)[O-]. The van der Waals surface area contributed by atoms with Crippen molar-refractivity contribution >= 4 is 55.6 Å². The normalized spacial score (nSPS) is 14.2. The van der Waals surface area contributed by atoms with Crippen LogP contribution in [0, 0.1) is 10.1 Å². The maximum Gasteiger partial charge on any atom is 0.293 e. The second kappa shape index (κ2) is 8.08. The number of hydrogen-bond donors (Lipinski definition) is 0. The zero-order valence-electron chi connectivity index (χ0n) is 16.5. The lowest BCUT2D eigenvalue weighted by Crippen LogP contribution is -2.48. The highest BCUT2D eigenvalue weighted by Crippen LogP contribution is 2.32. The summed E-state index contributed by atoms with van der Waals surface area (Å²) in [6, 6.07) is 10.3. The highest BCUT2D eigenvalue weighted by atomic mass is 35.5. The number of amides is 1. The van der Waals surface area contributed by atoms with Gasteiger partial charge in [-0.15, -0.1) is 0 Å². The molecule has 0 unspecified atom stereocenters. The number of nitro groups is 1. The Labute approximate surface area is 182 Å². The lowest BCUT2D eigenvalue weighted by Gasteiger charge is -2.34. The number of nitro benzene ring substituents is 1. The van der Waals surface area contributed by atoms with Crippen LogP contribution in [0.25, 0.3) is 10.2 Å². The van der Waals surface area contributed by atoms with Gasteiger partial charge in [-0.1, -0.05) is 22.9 Å². The Kier molecular flexibility index (Phi) is 5.48. The predicted molar refractivity (Wildman–Crippen MR) is 120 cm³/mol. The van der Waals surface area contributed by atoms with Gasteiger partial charge in [0.05, 0.1) is 15.1 Å². The molecular formula is C20H20ClN5O3S. The number of rotatable bonds is 4. The number of fused-ring (bicyclic) bond motifs is 1. The zero-order valence-corrected chi connectivity index (χ0v) is 18.1. The summed E-state index contributed by atoms with van der Waals surface area (Å²) in [5.41, 5.74) is 1.64. The van der Waals surface area contributed by atoms with E-state index in [-0.39, 0.29) is 11.6 Å². The number of thiazole rings is 1. The molecule has 10 heteroatoms. The van der Waals surface area contributed by atoms with Crippen molar-refractivity contribution in [3.63, 3.8) is 0 Å². The summed E-state index contributed by atoms with van der Waals surface area (Å²) in [7, 11) is 3.47. The Morgan fingerprint density at radius 1 is 1.17 bits per heavy atom. The summed E-state index contributed by atoms with van der Waals surface area (Å²) >= 11 is 7.64. The molecule has 1 aliphatic rings. The second-order valence-electron chi connectivity index (χ2n) is 7.24. The number of hydrogen-bond acceptors (Lipinski definition) is 7. The molecule has 30 heavy (non-hydrogen) atoms. The lowest BCUT2D eigenvalue weighted by atomic mass is 10.1. The first-order valence-corrected chi connectivity index (χ1v) is 10.6. The number of carbonyl (C=O) groups excluding carboxylic acids is 1. The number of benzene rings is 2. The topological polar surface area (TPSA) is 82.8 Å². The van der Waals surface area contributed by atoms with Crippen molar-refractivity contribution in [2.24, 2.45) is 0 Å². The van der Waals surface area contributed by atoms with Crippen molar-refractivity contribution in [3.05, 3.63) is 57.1 Å². The molecule has 156 valence electrons. The molecular weight excluding hydrogens is 426 g/mol. The molecule has 8 nitrogen and oxygen atoms in total. The Morgan fingerprint density at radius 3 is 2.57 bits per heavy atom. The van der Waals surface area contributed by atoms with E-state index in [9.17, 15) is 14.9 Å². The van der Waals surface area contributed by atoms with Crippen LogP contribution in [0.15, 0.2) is 36.4 Å². The van der Waals surface area contributed by atoms with Gasteiger partial charge in [0.1, 0.15) is 5.69 Å². The molecule has 0 spiro atoms. The minimum atomic E-state index is -0.455. The van der Waals surface area contributed by atoms with Crippen molar-refractivity contribution in [2.75, 3.05) is 50.1 Å². The molecule has 0 aliphatic carbocycles. The first-order valence-electron chi connectivity index (χ1n) is 9.39. The largest absolute Gasteiger partial charge is 0.372 e. The van der Waals surface area contributed by atoms with Gasteiger partial charge in [0.25, 0.3) is 11.6 Å². The van der Waals surface area contributed by atoms with Crippen LogP contribution in [0.3, 0.4) is 0 Å². The summed E-state index contributed by atoms with van der Waals surface area (Å²) in [6.07, 6.45) is 0. The van der Waals surface area contributed by atoms with Gasteiger partial charge < -0.3 is 14.7 Å². The number of piperazine rings is 1. The van der Waals surface area contributed by atoms with Crippen molar-refractivity contribution in [1.82, 2.24) is 9.88 Å². The molecule has 1 aromatic heterocycles. The van der Waals surface area contributed by atoms with E-state index >= 15 is 0 Å². The molecule has 2 aromatic carbocycles. The number of carbonyl (C=O) groups is 1. The van der Waals surface area contributed by atoms with Crippen LogP contribution >= 0.6 is 22.9 Å². The average molecular weight is 446 g/mol. The molecule has 1 amide bonds. The number of aromatic nitrogens is 1. The Balaban J connectivity index is 1.47. The van der Waals surface area contributed by atoms with Gasteiger partial charge in [-0.3, -0.25) is 14.9 Å². The lowest BCUT2D eigenvalue weighted by molar-refractivity contribution is -0.384. The first-order chi connectivity index (χ1) is 14.3. The van der Waals surface area contributed by atoms with Gasteiger partial charge in [-0.25, -0.2) is 4.98 Å². The van der Waals surface area contributed by atoms with Crippen LogP contribution in [0.5, 0.6) is 0 Å². The molecule has 2 heterocycles. The molecule has 1 aliphatic heterocycles. The van der Waals surface area contributed by atoms with Gasteiger partial charge in [0.2, 0.25) is 0 Å². The third-order valence-electron chi connectivity index (χ3n) is 5.08. The van der Waals surface area contributed by atoms with Gasteiger partial charge in [0.15, 0.2) is 5.13 Å². The Morgan fingerprint density at radius 2 is 1.90 bits per heavy atom. The predicted octanol–water partition coefficient (Wildman–Crippen LogP) is 3.89. The molecule has 3 aromatic rings. The van der Waals surface area contributed by atoms with Crippen LogP contribution in [-0.2, 0) is 0 Å². The standard InChI is InChI=1S/C20H20ClN5O3S/c1-23(2)16-6-3-13(11-17(16)26(28)29)19(27)24-7-9-25(10-8-24)20-22-15-5-4-14(21)12-18(15)30-20/h3-6,11-12H,7-10H2,1-2H3. The van der Waals surface area contributed by atoms with Crippen LogP contribution < -0.4 is 9.80 Å². The van der Waals surface area contributed by atoms with Gasteiger partial charge in [0, 0.05) is 56.9 Å². The monoisotopic (exact) mass is 445 g/mol. The van der Waals surface area contributed by atoms with Gasteiger partial charge >= 0.3 is 0 Å². The van der Waals surface area contributed by atoms with Crippen molar-refractivity contribution in [2.45, 2.75) is 0 Å². The molecule has 1 fully saturated rings. The first kappa shape index (κ1) is 20.4. The maximum absolute atomic E-state index is 12.9. The second-order valence-corrected chi connectivity index (χ2v) is 8.69. The number of anilines is 2. The van der Waals surface area contributed by atoms with Crippen LogP contribution in [0.4, 0.5) is 16.5 Å². The van der Waals surface area contributed by atoms with E-state index in [1.807, 2.05) is 18.2 Å². The van der Waals surface area contributed by atoms with E-state index in [0.717, 1.165) is 15.3 Å². The van der Waals surface area contributed by atoms with Crippen molar-refractivity contribution < 1.29 is 9.72 Å². The average Bonchev–Trinajstić information content (AvgIpc) is 3.16. The summed E-state index contributed by atoms with van der Waals surface area (Å²) in [5, 5.41) is 13.0. The Hall–Kier alpha value is -2.91. The minimum Gasteiger partial charge on any atom is -0.372 e. The molecule has 0 N–H and O–H groups in total. The van der Waals surface area contributed by atoms with Crippen LogP contribution in [-0.4, -0.2) is 61.0 Å². The highest BCUT2D eigenvalue weighted by molar-refractivity contribution is 7.22. The Bertz CT molecular complexity index is 1120. The summed E-state index contributed by atoms with van der Waals surface area (Å²) in [5.74, 6) is -0.195. The third-order valence-corrected chi connectivity index (χ3v) is 6.39. The van der Waals surface area contributed by atoms with E-state index in [1.54, 1.807) is 47.4 Å². The van der Waals surface area contributed by atoms with Crippen molar-refractivity contribution in [1.29, 1.82) is 0 Å². The fourth-order valence-corrected chi connectivity index (χ4v) is 4.78. The minimum absolute atomic E-state index is 0.0716. The molecule has 1 saturated heterocycles. The van der Waals surface area contributed by atoms with Crippen LogP contribution in [0.1, 0.15) is 10.4 Å². The van der Waals surface area contributed by atoms with E-state index in [1.165, 1.54) is 6.07 Å². The smallest absolute Gasteiger partial charge is 0.293 e. The van der Waals surface area contributed by atoms with E-state index in [4.69, 9.17) is 11.6 Å². The summed E-state index contributed by atoms with van der Waals surface area (Å²) in [4.78, 5) is 34.1. The third kappa shape index (κ3) is 3.90. The maximum atomic E-state index is 12.9. The van der Waals surface area contributed by atoms with E-state index in [0.29, 0.717) is 42.5 Å². The molecule has 0 bridgehead atoms. The number of nitrogens with zero attached hydrogens (tertiary/aromatic N) is 5. The fourth-order valence-electron chi connectivity index (χ4n) is 3.49. The van der Waals surface area contributed by atoms with Crippen molar-refractivity contribution in [3.8, 4) is 0 Å². The zero-order chi connectivity index (χ0) is 21.4. The van der Waals surface area contributed by atoms with E-state index < -0.39 is 4.92 Å². The summed E-state index contributed by atoms with van der Waals surface area (Å²) in [6.45, 7) is 2.35. The van der Waals surface area contributed by atoms with Gasteiger partial charge in [-0.05, 0) is 30.3 Å².